The molecule has 0 bridgehead atoms. The zero-order valence-electron chi connectivity index (χ0n) is 17.7. The van der Waals surface area contributed by atoms with Crippen LogP contribution < -0.4 is 16.2 Å². The lowest BCUT2D eigenvalue weighted by Crippen LogP contribution is -2.49. The van der Waals surface area contributed by atoms with E-state index < -0.39 is 10.0 Å². The third-order valence-corrected chi connectivity index (χ3v) is 7.08. The molecule has 0 unspecified atom stereocenters. The number of anilines is 1. The van der Waals surface area contributed by atoms with E-state index in [1.165, 1.54) is 18.2 Å². The summed E-state index contributed by atoms with van der Waals surface area (Å²) in [6, 6.07) is 13.0. The van der Waals surface area contributed by atoms with E-state index in [0.717, 1.165) is 4.31 Å². The van der Waals surface area contributed by atoms with E-state index in [0.29, 0.717) is 35.3 Å². The second kappa shape index (κ2) is 9.51. The van der Waals surface area contributed by atoms with Crippen molar-refractivity contribution in [1.29, 1.82) is 0 Å². The Morgan fingerprint density at radius 3 is 2.76 bits per heavy atom. The molecule has 2 heterocycles. The number of aromatic amines is 1. The standard InChI is InChI=1S/C22H23N5O5S/c28-20(10-4-9-19-25-18-8-2-1-7-17(18)22(30)26-19)24-15-5-3-6-16(13-15)33(31,32)27-12-11-23-21(29)14-27/h1-3,5-8,13H,4,9-12,14H2,(H,23,29)(H,24,28)(H,25,26,30). The Kier molecular flexibility index (Phi) is 6.52. The van der Waals surface area contributed by atoms with Crippen molar-refractivity contribution in [1.82, 2.24) is 19.6 Å². The first kappa shape index (κ1) is 22.6. The highest BCUT2D eigenvalue weighted by Gasteiger charge is 2.29. The number of sulfonamides is 1. The normalized spacial score (nSPS) is 14.7. The third kappa shape index (κ3) is 5.26. The lowest BCUT2D eigenvalue weighted by molar-refractivity contribution is -0.122. The van der Waals surface area contributed by atoms with Gasteiger partial charge in [-0.15, -0.1) is 0 Å². The van der Waals surface area contributed by atoms with Gasteiger partial charge in [0, 0.05) is 31.6 Å². The van der Waals surface area contributed by atoms with Crippen molar-refractivity contribution in [2.24, 2.45) is 0 Å². The van der Waals surface area contributed by atoms with Crippen LogP contribution in [-0.2, 0) is 26.0 Å². The van der Waals surface area contributed by atoms with Crippen LogP contribution in [0.15, 0.2) is 58.2 Å². The summed E-state index contributed by atoms with van der Waals surface area (Å²) in [5, 5.41) is 5.80. The largest absolute Gasteiger partial charge is 0.354 e. The number of H-pyrrole nitrogens is 1. The maximum atomic E-state index is 12.8. The van der Waals surface area contributed by atoms with Crippen molar-refractivity contribution in [3.05, 3.63) is 64.7 Å². The number of hydrogen-bond donors (Lipinski definition) is 3. The summed E-state index contributed by atoms with van der Waals surface area (Å²) in [7, 11) is -3.85. The van der Waals surface area contributed by atoms with Crippen LogP contribution in [-0.4, -0.2) is 54.1 Å². The van der Waals surface area contributed by atoms with Crippen molar-refractivity contribution in [2.45, 2.75) is 24.2 Å². The van der Waals surface area contributed by atoms with E-state index in [4.69, 9.17) is 0 Å². The lowest BCUT2D eigenvalue weighted by Gasteiger charge is -2.26. The van der Waals surface area contributed by atoms with Gasteiger partial charge in [-0.3, -0.25) is 14.4 Å². The molecule has 1 fully saturated rings. The Hall–Kier alpha value is -3.57. The fourth-order valence-electron chi connectivity index (χ4n) is 3.60. The Morgan fingerprint density at radius 2 is 1.94 bits per heavy atom. The van der Waals surface area contributed by atoms with Crippen molar-refractivity contribution >= 4 is 38.4 Å². The number of rotatable bonds is 7. The molecular formula is C22H23N5O5S. The van der Waals surface area contributed by atoms with E-state index in [1.807, 2.05) is 0 Å². The van der Waals surface area contributed by atoms with Crippen LogP contribution >= 0.6 is 0 Å². The molecule has 33 heavy (non-hydrogen) atoms. The minimum absolute atomic E-state index is 0.00735. The first-order valence-corrected chi connectivity index (χ1v) is 11.9. The number of aryl methyl sites for hydroxylation is 1. The molecule has 3 N–H and O–H groups in total. The number of carbonyl (C=O) groups is 2. The Labute approximate surface area is 190 Å². The number of nitrogens with one attached hydrogen (secondary N) is 3. The number of amides is 2. The molecule has 2 amide bonds. The minimum atomic E-state index is -3.85. The Morgan fingerprint density at radius 1 is 1.12 bits per heavy atom. The first-order valence-electron chi connectivity index (χ1n) is 10.5. The summed E-state index contributed by atoms with van der Waals surface area (Å²) in [6.07, 6.45) is 1.03. The van der Waals surface area contributed by atoms with Gasteiger partial charge in [0.05, 0.1) is 22.3 Å². The highest BCUT2D eigenvalue weighted by Crippen LogP contribution is 2.20. The minimum Gasteiger partial charge on any atom is -0.354 e. The fraction of sp³-hybridized carbons (Fsp3) is 0.273. The van der Waals surface area contributed by atoms with Crippen LogP contribution in [0, 0.1) is 0 Å². The number of para-hydroxylation sites is 1. The number of benzene rings is 2. The van der Waals surface area contributed by atoms with E-state index in [1.54, 1.807) is 30.3 Å². The Balaban J connectivity index is 1.36. The van der Waals surface area contributed by atoms with E-state index in [2.05, 4.69) is 20.6 Å². The molecule has 172 valence electrons. The summed E-state index contributed by atoms with van der Waals surface area (Å²) in [6.45, 7) is 0.213. The predicted molar refractivity (Wildman–Crippen MR) is 122 cm³/mol. The zero-order chi connectivity index (χ0) is 23.4. The molecule has 0 saturated carbocycles. The van der Waals surface area contributed by atoms with Crippen molar-refractivity contribution < 1.29 is 18.0 Å². The average Bonchev–Trinajstić information content (AvgIpc) is 2.79. The first-order chi connectivity index (χ1) is 15.8. The zero-order valence-corrected chi connectivity index (χ0v) is 18.5. The summed E-state index contributed by atoms with van der Waals surface area (Å²) in [5.74, 6) is -0.133. The van der Waals surface area contributed by atoms with Crippen LogP contribution in [0.2, 0.25) is 0 Å². The van der Waals surface area contributed by atoms with Gasteiger partial charge in [0.1, 0.15) is 5.82 Å². The molecule has 1 saturated heterocycles. The van der Waals surface area contributed by atoms with Gasteiger partial charge < -0.3 is 15.6 Å². The van der Waals surface area contributed by atoms with E-state index in [-0.39, 0.29) is 48.3 Å². The fourth-order valence-corrected chi connectivity index (χ4v) is 5.04. The summed E-state index contributed by atoms with van der Waals surface area (Å²) in [5.41, 5.74) is 0.731. The third-order valence-electron chi connectivity index (χ3n) is 5.24. The maximum absolute atomic E-state index is 12.8. The van der Waals surface area contributed by atoms with Gasteiger partial charge in [0.15, 0.2) is 0 Å². The second-order valence-electron chi connectivity index (χ2n) is 7.65. The molecule has 2 aromatic carbocycles. The van der Waals surface area contributed by atoms with E-state index >= 15 is 0 Å². The number of carbonyl (C=O) groups excluding carboxylic acids is 2. The molecule has 0 radical (unpaired) electrons. The van der Waals surface area contributed by atoms with Crippen LogP contribution in [0.25, 0.3) is 10.9 Å². The van der Waals surface area contributed by atoms with Gasteiger partial charge in [0.2, 0.25) is 21.8 Å². The monoisotopic (exact) mass is 469 g/mol. The second-order valence-corrected chi connectivity index (χ2v) is 9.59. The molecule has 11 heteroatoms. The summed E-state index contributed by atoms with van der Waals surface area (Å²) in [4.78, 5) is 43.2. The van der Waals surface area contributed by atoms with Gasteiger partial charge in [-0.25, -0.2) is 13.4 Å². The molecule has 4 rings (SSSR count). The molecule has 0 atom stereocenters. The maximum Gasteiger partial charge on any atom is 0.258 e. The quantitative estimate of drug-likeness (QED) is 0.471. The Bertz CT molecular complexity index is 1370. The van der Waals surface area contributed by atoms with Crippen molar-refractivity contribution in [3.8, 4) is 0 Å². The van der Waals surface area contributed by atoms with Gasteiger partial charge in [-0.1, -0.05) is 18.2 Å². The predicted octanol–water partition coefficient (Wildman–Crippen LogP) is 1.00. The molecular weight excluding hydrogens is 446 g/mol. The van der Waals surface area contributed by atoms with Crippen molar-refractivity contribution in [2.75, 3.05) is 25.0 Å². The molecule has 10 nitrogen and oxygen atoms in total. The highest BCUT2D eigenvalue weighted by molar-refractivity contribution is 7.89. The smallest absolute Gasteiger partial charge is 0.258 e. The van der Waals surface area contributed by atoms with Gasteiger partial charge in [0.25, 0.3) is 5.56 Å². The number of hydrogen-bond acceptors (Lipinski definition) is 6. The molecule has 3 aromatic rings. The van der Waals surface area contributed by atoms with Crippen LogP contribution in [0.4, 0.5) is 5.69 Å². The number of aromatic nitrogens is 2. The molecule has 0 spiro atoms. The van der Waals surface area contributed by atoms with Crippen LogP contribution in [0.3, 0.4) is 0 Å². The SMILES string of the molecule is O=C1CN(S(=O)(=O)c2cccc(NC(=O)CCCc3nc4ccccc4c(=O)[nH]3)c2)CCN1. The number of fused-ring (bicyclic) bond motifs is 1. The van der Waals surface area contributed by atoms with Gasteiger partial charge in [-0.2, -0.15) is 4.31 Å². The topological polar surface area (TPSA) is 141 Å². The summed E-state index contributed by atoms with van der Waals surface area (Å²) >= 11 is 0. The molecule has 1 aromatic heterocycles. The van der Waals surface area contributed by atoms with Gasteiger partial charge in [-0.05, 0) is 36.8 Å². The van der Waals surface area contributed by atoms with Crippen LogP contribution in [0.1, 0.15) is 18.7 Å². The molecule has 0 aliphatic carbocycles. The van der Waals surface area contributed by atoms with Gasteiger partial charge >= 0.3 is 0 Å². The average molecular weight is 470 g/mol. The van der Waals surface area contributed by atoms with Crippen LogP contribution in [0.5, 0.6) is 0 Å². The lowest BCUT2D eigenvalue weighted by atomic mass is 10.2. The number of nitrogens with zero attached hydrogens (tertiary/aromatic N) is 2. The number of piperazine rings is 1. The molecule has 1 aliphatic rings. The highest BCUT2D eigenvalue weighted by atomic mass is 32.2. The summed E-state index contributed by atoms with van der Waals surface area (Å²) < 4.78 is 26.8. The molecule has 1 aliphatic heterocycles. The van der Waals surface area contributed by atoms with Crippen molar-refractivity contribution in [3.63, 3.8) is 0 Å². The van der Waals surface area contributed by atoms with E-state index in [9.17, 15) is 22.8 Å².